The minimum atomic E-state index is -4.66. The zero-order valence-electron chi connectivity index (χ0n) is 20.1. The first-order chi connectivity index (χ1) is 18.5. The lowest BCUT2D eigenvalue weighted by atomic mass is 10.2. The second kappa shape index (κ2) is 13.4. The number of pyridine rings is 1. The van der Waals surface area contributed by atoms with Crippen molar-refractivity contribution < 1.29 is 37.5 Å². The first-order valence-corrected chi connectivity index (χ1v) is 11.8. The summed E-state index contributed by atoms with van der Waals surface area (Å²) in [6.07, 6.45) is -2.07. The Hall–Kier alpha value is -4.36. The number of hydrogen-bond donors (Lipinski definition) is 5. The van der Waals surface area contributed by atoms with Gasteiger partial charge in [0.2, 0.25) is 11.8 Å². The van der Waals surface area contributed by atoms with Crippen LogP contribution in [0.1, 0.15) is 31.2 Å². The van der Waals surface area contributed by atoms with E-state index in [-0.39, 0.29) is 30.3 Å². The first-order valence-electron chi connectivity index (χ1n) is 11.4. The number of alkyl halides is 3. The molecule has 0 aliphatic rings. The second-order valence-electron chi connectivity index (χ2n) is 8.06. The summed E-state index contributed by atoms with van der Waals surface area (Å²) in [5.74, 6) is 0.220. The first kappa shape index (κ1) is 29.2. The Balaban J connectivity index is 1.51. The Morgan fingerprint density at radius 3 is 2.15 bits per heavy atom. The monoisotopic (exact) mass is 565 g/mol. The molecule has 0 spiro atoms. The molecule has 4 amide bonds. The molecule has 0 saturated carbocycles. The number of nitrogens with zero attached hydrogens (tertiary/aromatic N) is 1. The zero-order valence-corrected chi connectivity index (χ0v) is 20.9. The molecule has 0 unspecified atom stereocenters. The lowest BCUT2D eigenvalue weighted by Crippen LogP contribution is -2.19. The van der Waals surface area contributed by atoms with Gasteiger partial charge in [0.15, 0.2) is 0 Å². The van der Waals surface area contributed by atoms with Crippen molar-refractivity contribution in [3.05, 3.63) is 71.4 Å². The molecule has 39 heavy (non-hydrogen) atoms. The highest BCUT2D eigenvalue weighted by molar-refractivity contribution is 6.31. The van der Waals surface area contributed by atoms with Gasteiger partial charge in [0.25, 0.3) is 0 Å². The normalized spacial score (nSPS) is 10.9. The van der Waals surface area contributed by atoms with Gasteiger partial charge in [0.1, 0.15) is 17.3 Å². The number of unbranched alkanes of at least 4 members (excludes halogenated alkanes) is 1. The molecular formula is C25H23ClF3N5O5. The van der Waals surface area contributed by atoms with Crippen molar-refractivity contribution in [2.75, 3.05) is 16.0 Å². The van der Waals surface area contributed by atoms with Gasteiger partial charge >= 0.3 is 12.2 Å². The van der Waals surface area contributed by atoms with Crippen LogP contribution in [0.2, 0.25) is 5.02 Å². The quantitative estimate of drug-likeness (QED) is 0.113. The molecule has 206 valence electrons. The van der Waals surface area contributed by atoms with Crippen molar-refractivity contribution in [2.24, 2.45) is 0 Å². The van der Waals surface area contributed by atoms with E-state index in [1.54, 1.807) is 18.2 Å². The summed E-state index contributed by atoms with van der Waals surface area (Å²) in [4.78, 5) is 39.3. The van der Waals surface area contributed by atoms with Crippen LogP contribution in [0.15, 0.2) is 60.8 Å². The van der Waals surface area contributed by atoms with Gasteiger partial charge in [-0.15, -0.1) is 0 Å². The van der Waals surface area contributed by atoms with E-state index in [1.165, 1.54) is 35.9 Å². The van der Waals surface area contributed by atoms with E-state index >= 15 is 0 Å². The van der Waals surface area contributed by atoms with E-state index in [0.717, 1.165) is 12.1 Å². The fourth-order valence-electron chi connectivity index (χ4n) is 3.23. The fraction of sp³-hybridized carbons (Fsp3) is 0.200. The molecule has 0 aliphatic carbocycles. The van der Waals surface area contributed by atoms with Crippen LogP contribution in [0.3, 0.4) is 0 Å². The van der Waals surface area contributed by atoms with Gasteiger partial charge in [-0.2, -0.15) is 13.2 Å². The summed E-state index contributed by atoms with van der Waals surface area (Å²) >= 11 is 5.59. The minimum Gasteiger partial charge on any atom is -0.457 e. The summed E-state index contributed by atoms with van der Waals surface area (Å²) in [5, 5.41) is 15.4. The van der Waals surface area contributed by atoms with E-state index in [4.69, 9.17) is 21.5 Å². The highest BCUT2D eigenvalue weighted by Crippen LogP contribution is 2.36. The van der Waals surface area contributed by atoms with E-state index in [0.29, 0.717) is 30.0 Å². The smallest absolute Gasteiger partial charge is 0.417 e. The van der Waals surface area contributed by atoms with Crippen molar-refractivity contribution in [3.8, 4) is 11.5 Å². The van der Waals surface area contributed by atoms with E-state index < -0.39 is 28.7 Å². The number of carbonyl (C=O) groups is 3. The molecule has 3 rings (SSSR count). The molecule has 14 heteroatoms. The average Bonchev–Trinajstić information content (AvgIpc) is 2.88. The van der Waals surface area contributed by atoms with Crippen molar-refractivity contribution in [2.45, 2.75) is 31.9 Å². The maximum Gasteiger partial charge on any atom is 0.417 e. The molecular weight excluding hydrogens is 543 g/mol. The van der Waals surface area contributed by atoms with Crippen molar-refractivity contribution >= 4 is 46.6 Å². The number of hydroxylamine groups is 1. The maximum absolute atomic E-state index is 13.0. The number of amides is 4. The summed E-state index contributed by atoms with van der Waals surface area (Å²) < 4.78 is 44.8. The summed E-state index contributed by atoms with van der Waals surface area (Å²) in [7, 11) is 0. The van der Waals surface area contributed by atoms with Crippen LogP contribution in [-0.2, 0) is 15.8 Å². The molecule has 0 fully saturated rings. The number of rotatable bonds is 10. The Labute approximate surface area is 225 Å². The minimum absolute atomic E-state index is 0.0844. The SMILES string of the molecule is O=C(CCCCC(=O)Nc1cc(Oc2ccc(NC(=O)Nc3ccc(Cl)c(C(F)(F)F)c3)cc2)ccn1)NO. The number of halogens is 4. The lowest BCUT2D eigenvalue weighted by Gasteiger charge is -2.13. The number of benzene rings is 2. The van der Waals surface area contributed by atoms with Gasteiger partial charge in [0, 0.05) is 36.5 Å². The largest absolute Gasteiger partial charge is 0.457 e. The van der Waals surface area contributed by atoms with Crippen LogP contribution in [0.5, 0.6) is 11.5 Å². The molecule has 1 aromatic heterocycles. The number of urea groups is 1. The van der Waals surface area contributed by atoms with Gasteiger partial charge in [-0.1, -0.05) is 11.6 Å². The third-order valence-electron chi connectivity index (χ3n) is 5.06. The molecule has 0 saturated heterocycles. The van der Waals surface area contributed by atoms with Crippen LogP contribution in [0.25, 0.3) is 0 Å². The number of aromatic nitrogens is 1. The molecule has 1 heterocycles. The predicted molar refractivity (Wildman–Crippen MR) is 137 cm³/mol. The molecule has 3 aromatic rings. The Morgan fingerprint density at radius 2 is 1.49 bits per heavy atom. The summed E-state index contributed by atoms with van der Waals surface area (Å²) in [6, 6.07) is 11.5. The maximum atomic E-state index is 13.0. The van der Waals surface area contributed by atoms with Gasteiger partial charge in [-0.25, -0.2) is 15.3 Å². The molecule has 0 radical (unpaired) electrons. The van der Waals surface area contributed by atoms with Crippen molar-refractivity contribution in [1.29, 1.82) is 0 Å². The van der Waals surface area contributed by atoms with E-state index in [2.05, 4.69) is 20.9 Å². The van der Waals surface area contributed by atoms with Gasteiger partial charge < -0.3 is 20.7 Å². The molecule has 10 nitrogen and oxygen atoms in total. The van der Waals surface area contributed by atoms with Gasteiger partial charge in [0.05, 0.1) is 10.6 Å². The number of hydrogen-bond acceptors (Lipinski definition) is 6. The number of ether oxygens (including phenoxy) is 1. The number of nitrogens with one attached hydrogen (secondary N) is 4. The number of anilines is 3. The predicted octanol–water partition coefficient (Wildman–Crippen LogP) is 6.19. The van der Waals surface area contributed by atoms with Crippen LogP contribution < -0.4 is 26.2 Å². The highest BCUT2D eigenvalue weighted by Gasteiger charge is 2.33. The van der Waals surface area contributed by atoms with Gasteiger partial charge in [-0.05, 0) is 61.4 Å². The lowest BCUT2D eigenvalue weighted by molar-refractivity contribution is -0.137. The number of carbonyl (C=O) groups excluding carboxylic acids is 3. The fourth-order valence-corrected chi connectivity index (χ4v) is 3.46. The molecule has 0 aliphatic heterocycles. The Morgan fingerprint density at radius 1 is 0.846 bits per heavy atom. The van der Waals surface area contributed by atoms with E-state index in [1.807, 2.05) is 0 Å². The average molecular weight is 566 g/mol. The zero-order chi connectivity index (χ0) is 28.4. The third kappa shape index (κ3) is 9.47. The van der Waals surface area contributed by atoms with Crippen LogP contribution in [-0.4, -0.2) is 28.0 Å². The molecule has 0 atom stereocenters. The van der Waals surface area contributed by atoms with Crippen LogP contribution >= 0.6 is 11.6 Å². The second-order valence-corrected chi connectivity index (χ2v) is 8.47. The summed E-state index contributed by atoms with van der Waals surface area (Å²) in [6.45, 7) is 0. The van der Waals surface area contributed by atoms with Crippen molar-refractivity contribution in [1.82, 2.24) is 10.5 Å². The summed E-state index contributed by atoms with van der Waals surface area (Å²) in [5.41, 5.74) is 0.730. The topological polar surface area (TPSA) is 142 Å². The molecule has 5 N–H and O–H groups in total. The highest BCUT2D eigenvalue weighted by atomic mass is 35.5. The van der Waals surface area contributed by atoms with Crippen LogP contribution in [0.4, 0.5) is 35.2 Å². The molecule has 0 bridgehead atoms. The van der Waals surface area contributed by atoms with Gasteiger partial charge in [-0.3, -0.25) is 14.8 Å². The Kier molecular flexibility index (Phi) is 10.1. The Bertz CT molecular complexity index is 1320. The molecule has 2 aromatic carbocycles. The van der Waals surface area contributed by atoms with E-state index in [9.17, 15) is 27.6 Å². The van der Waals surface area contributed by atoms with Crippen molar-refractivity contribution in [3.63, 3.8) is 0 Å². The standard InChI is InChI=1S/C25H23ClF3N5O5/c26-20-10-7-16(13-19(20)25(27,28)29)32-24(37)31-15-5-8-17(9-6-15)39-18-11-12-30-21(14-18)33-22(35)3-1-2-4-23(36)34-38/h5-14,38H,1-4H2,(H,34,36)(H,30,33,35)(H2,31,32,37). The van der Waals surface area contributed by atoms with Crippen LogP contribution in [0, 0.1) is 0 Å². The third-order valence-corrected chi connectivity index (χ3v) is 5.39.